The standard InChI is InChI=1S/C15H20N2OS2/c1-7(14-9(3)16-11(5)19-14)13(18)8(2)15-10(4)17-12(6)20-15/h7-8H,1-6H3. The van der Waals surface area contributed by atoms with Gasteiger partial charge < -0.3 is 0 Å². The van der Waals surface area contributed by atoms with Crippen LogP contribution < -0.4 is 0 Å². The number of Topliss-reactive ketones (excluding diaryl/α,β-unsaturated/α-hetero) is 1. The van der Waals surface area contributed by atoms with Crippen molar-refractivity contribution in [3.63, 3.8) is 0 Å². The van der Waals surface area contributed by atoms with Crippen molar-refractivity contribution in [2.45, 2.75) is 53.4 Å². The number of hydrogen-bond donors (Lipinski definition) is 0. The second-order valence-corrected chi connectivity index (χ2v) is 7.68. The molecule has 0 saturated carbocycles. The van der Waals surface area contributed by atoms with Gasteiger partial charge in [-0.3, -0.25) is 4.79 Å². The van der Waals surface area contributed by atoms with Gasteiger partial charge in [-0.05, 0) is 27.7 Å². The molecule has 0 radical (unpaired) electrons. The summed E-state index contributed by atoms with van der Waals surface area (Å²) in [6, 6.07) is 0. The molecular formula is C15H20N2OS2. The van der Waals surface area contributed by atoms with E-state index in [9.17, 15) is 4.79 Å². The van der Waals surface area contributed by atoms with Gasteiger partial charge in [0, 0.05) is 9.75 Å². The van der Waals surface area contributed by atoms with E-state index in [0.29, 0.717) is 0 Å². The van der Waals surface area contributed by atoms with Crippen molar-refractivity contribution in [1.82, 2.24) is 9.97 Å². The molecule has 0 bridgehead atoms. The first-order valence-electron chi connectivity index (χ1n) is 6.72. The van der Waals surface area contributed by atoms with E-state index in [-0.39, 0.29) is 17.6 Å². The summed E-state index contributed by atoms with van der Waals surface area (Å²) < 4.78 is 0. The van der Waals surface area contributed by atoms with Crippen LogP contribution in [0.5, 0.6) is 0 Å². The topological polar surface area (TPSA) is 42.9 Å². The fourth-order valence-corrected chi connectivity index (χ4v) is 4.51. The van der Waals surface area contributed by atoms with Crippen LogP contribution >= 0.6 is 22.7 Å². The number of aromatic nitrogens is 2. The summed E-state index contributed by atoms with van der Waals surface area (Å²) in [6.07, 6.45) is 0. The summed E-state index contributed by atoms with van der Waals surface area (Å²) in [4.78, 5) is 23.8. The fourth-order valence-electron chi connectivity index (χ4n) is 2.53. The van der Waals surface area contributed by atoms with E-state index in [2.05, 4.69) is 9.97 Å². The molecule has 108 valence electrons. The van der Waals surface area contributed by atoms with Gasteiger partial charge in [0.1, 0.15) is 5.78 Å². The number of aryl methyl sites for hydroxylation is 4. The van der Waals surface area contributed by atoms with Gasteiger partial charge in [-0.2, -0.15) is 0 Å². The molecule has 2 atom stereocenters. The lowest BCUT2D eigenvalue weighted by atomic mass is 9.92. The van der Waals surface area contributed by atoms with Crippen LogP contribution in [-0.4, -0.2) is 15.8 Å². The highest BCUT2D eigenvalue weighted by Crippen LogP contribution is 2.34. The molecule has 0 amide bonds. The van der Waals surface area contributed by atoms with E-state index in [1.54, 1.807) is 22.7 Å². The van der Waals surface area contributed by atoms with E-state index in [4.69, 9.17) is 0 Å². The third-order valence-corrected chi connectivity index (χ3v) is 6.03. The molecule has 20 heavy (non-hydrogen) atoms. The maximum Gasteiger partial charge on any atom is 0.148 e. The summed E-state index contributed by atoms with van der Waals surface area (Å²) in [5.74, 6) is 0.0551. The predicted molar refractivity (Wildman–Crippen MR) is 85.0 cm³/mol. The molecule has 0 aliphatic carbocycles. The van der Waals surface area contributed by atoms with E-state index in [1.165, 1.54) is 0 Å². The second kappa shape index (κ2) is 5.74. The Balaban J connectivity index is 2.27. The lowest BCUT2D eigenvalue weighted by Gasteiger charge is -2.15. The molecule has 3 nitrogen and oxygen atoms in total. The Hall–Kier alpha value is -1.07. The molecule has 0 saturated heterocycles. The minimum atomic E-state index is -0.0991. The number of carbonyl (C=O) groups excluding carboxylic acids is 1. The van der Waals surface area contributed by atoms with Gasteiger partial charge in [-0.15, -0.1) is 22.7 Å². The largest absolute Gasteiger partial charge is 0.298 e. The van der Waals surface area contributed by atoms with E-state index in [1.807, 2.05) is 41.5 Å². The summed E-state index contributed by atoms with van der Waals surface area (Å²) in [5, 5.41) is 2.05. The predicted octanol–water partition coefficient (Wildman–Crippen LogP) is 4.31. The van der Waals surface area contributed by atoms with Gasteiger partial charge in [-0.1, -0.05) is 13.8 Å². The van der Waals surface area contributed by atoms with Crippen molar-refractivity contribution in [2.24, 2.45) is 0 Å². The van der Waals surface area contributed by atoms with Gasteiger partial charge in [0.2, 0.25) is 0 Å². The van der Waals surface area contributed by atoms with Gasteiger partial charge in [0.25, 0.3) is 0 Å². The third kappa shape index (κ3) is 2.83. The molecule has 2 heterocycles. The summed E-state index contributed by atoms with van der Waals surface area (Å²) in [6.45, 7) is 11.9. The Labute approximate surface area is 128 Å². The summed E-state index contributed by atoms with van der Waals surface area (Å²) in [5.41, 5.74) is 1.97. The van der Waals surface area contributed by atoms with Crippen molar-refractivity contribution < 1.29 is 4.79 Å². The van der Waals surface area contributed by atoms with Gasteiger partial charge in [0.05, 0.1) is 33.2 Å². The number of ketones is 1. The number of hydrogen-bond acceptors (Lipinski definition) is 5. The molecule has 5 heteroatoms. The Morgan fingerprint density at radius 3 is 1.45 bits per heavy atom. The molecule has 0 fully saturated rings. The van der Waals surface area contributed by atoms with Crippen LogP contribution in [-0.2, 0) is 4.79 Å². The van der Waals surface area contributed by atoms with Crippen LogP contribution in [0.15, 0.2) is 0 Å². The Morgan fingerprint density at radius 2 is 1.20 bits per heavy atom. The first-order chi connectivity index (χ1) is 9.31. The van der Waals surface area contributed by atoms with Gasteiger partial charge in [-0.25, -0.2) is 9.97 Å². The first-order valence-corrected chi connectivity index (χ1v) is 8.36. The average Bonchev–Trinajstić information content (AvgIpc) is 2.88. The number of carbonyl (C=O) groups is 1. The molecule has 0 N–H and O–H groups in total. The third-order valence-electron chi connectivity index (χ3n) is 3.52. The number of nitrogens with zero attached hydrogens (tertiary/aromatic N) is 2. The minimum absolute atomic E-state index is 0.0991. The Morgan fingerprint density at radius 1 is 0.850 bits per heavy atom. The molecule has 0 aromatic carbocycles. The highest BCUT2D eigenvalue weighted by atomic mass is 32.1. The van der Waals surface area contributed by atoms with Crippen LogP contribution in [0.25, 0.3) is 0 Å². The summed E-state index contributed by atoms with van der Waals surface area (Å²) in [7, 11) is 0. The zero-order valence-corrected chi connectivity index (χ0v) is 14.4. The Bertz CT molecular complexity index is 588. The lowest BCUT2D eigenvalue weighted by molar-refractivity contribution is -0.121. The fraction of sp³-hybridized carbons (Fsp3) is 0.533. The maximum atomic E-state index is 12.7. The molecule has 2 aromatic heterocycles. The Kier molecular flexibility index (Phi) is 4.39. The SMILES string of the molecule is Cc1nc(C)c(C(C)C(=O)C(C)c2sc(C)nc2C)s1. The van der Waals surface area contributed by atoms with Crippen LogP contribution in [0.4, 0.5) is 0 Å². The highest BCUT2D eigenvalue weighted by Gasteiger charge is 2.28. The zero-order chi connectivity index (χ0) is 15.0. The van der Waals surface area contributed by atoms with E-state index in [0.717, 1.165) is 31.2 Å². The lowest BCUT2D eigenvalue weighted by Crippen LogP contribution is -2.16. The van der Waals surface area contributed by atoms with E-state index >= 15 is 0 Å². The second-order valence-electron chi connectivity index (χ2n) is 5.21. The molecule has 2 rings (SSSR count). The smallest absolute Gasteiger partial charge is 0.148 e. The van der Waals surface area contributed by atoms with E-state index < -0.39 is 0 Å². The molecule has 2 unspecified atom stereocenters. The normalized spacial score (nSPS) is 14.3. The molecule has 0 aliphatic heterocycles. The van der Waals surface area contributed by atoms with Crippen molar-refractivity contribution in [3.05, 3.63) is 31.2 Å². The van der Waals surface area contributed by atoms with Gasteiger partial charge in [0.15, 0.2) is 0 Å². The number of rotatable bonds is 4. The molecular weight excluding hydrogens is 288 g/mol. The average molecular weight is 308 g/mol. The maximum absolute atomic E-state index is 12.7. The van der Waals surface area contributed by atoms with Crippen LogP contribution in [0.1, 0.15) is 56.8 Å². The van der Waals surface area contributed by atoms with Crippen LogP contribution in [0.3, 0.4) is 0 Å². The van der Waals surface area contributed by atoms with Crippen LogP contribution in [0.2, 0.25) is 0 Å². The zero-order valence-electron chi connectivity index (χ0n) is 12.8. The van der Waals surface area contributed by atoms with Crippen molar-refractivity contribution in [3.8, 4) is 0 Å². The van der Waals surface area contributed by atoms with Crippen molar-refractivity contribution in [1.29, 1.82) is 0 Å². The quantitative estimate of drug-likeness (QED) is 0.845. The van der Waals surface area contributed by atoms with Crippen molar-refractivity contribution in [2.75, 3.05) is 0 Å². The van der Waals surface area contributed by atoms with Crippen LogP contribution in [0, 0.1) is 27.7 Å². The van der Waals surface area contributed by atoms with Crippen molar-refractivity contribution >= 4 is 28.5 Å². The highest BCUT2D eigenvalue weighted by molar-refractivity contribution is 7.12. The van der Waals surface area contributed by atoms with Gasteiger partial charge >= 0.3 is 0 Å². The molecule has 2 aromatic rings. The molecule has 0 aliphatic rings. The number of thiazole rings is 2. The molecule has 0 spiro atoms. The summed E-state index contributed by atoms with van der Waals surface area (Å²) >= 11 is 3.26. The first kappa shape index (κ1) is 15.3. The monoisotopic (exact) mass is 308 g/mol. The minimum Gasteiger partial charge on any atom is -0.298 e.